The van der Waals surface area contributed by atoms with Crippen molar-refractivity contribution in [3.05, 3.63) is 70.5 Å². The summed E-state index contributed by atoms with van der Waals surface area (Å²) in [5.74, 6) is -1.58. The lowest BCUT2D eigenvalue weighted by atomic mass is 10.1. The Morgan fingerprint density at radius 1 is 1.14 bits per heavy atom. The van der Waals surface area contributed by atoms with Gasteiger partial charge in [-0.05, 0) is 54.1 Å². The number of carbonyl (C=O) groups is 2. The molecule has 0 unspecified atom stereocenters. The van der Waals surface area contributed by atoms with Crippen LogP contribution in [0.4, 0.5) is 23.2 Å². The maximum atomic E-state index is 12.8. The molecular formula is C19H15ClF4N2O2. The molecule has 2 rings (SSSR count). The van der Waals surface area contributed by atoms with Crippen LogP contribution in [-0.4, -0.2) is 30.3 Å². The quantitative estimate of drug-likeness (QED) is 0.574. The molecule has 0 spiro atoms. The van der Waals surface area contributed by atoms with Gasteiger partial charge in [0.25, 0.3) is 0 Å². The lowest BCUT2D eigenvalue weighted by Gasteiger charge is -2.15. The molecule has 2 amide bonds. The van der Waals surface area contributed by atoms with E-state index in [-0.39, 0.29) is 17.1 Å². The van der Waals surface area contributed by atoms with Crippen LogP contribution in [0, 0.1) is 5.82 Å². The number of amides is 2. The van der Waals surface area contributed by atoms with Gasteiger partial charge in [0.15, 0.2) is 0 Å². The van der Waals surface area contributed by atoms with Gasteiger partial charge < -0.3 is 10.2 Å². The monoisotopic (exact) mass is 414 g/mol. The number of benzene rings is 2. The van der Waals surface area contributed by atoms with Gasteiger partial charge >= 0.3 is 6.18 Å². The van der Waals surface area contributed by atoms with Crippen molar-refractivity contribution in [2.75, 3.05) is 18.9 Å². The van der Waals surface area contributed by atoms with Crippen LogP contribution in [0.3, 0.4) is 0 Å². The summed E-state index contributed by atoms with van der Waals surface area (Å²) < 4.78 is 51.1. The average Bonchev–Trinajstić information content (AvgIpc) is 2.61. The third kappa shape index (κ3) is 6.09. The minimum Gasteiger partial charge on any atom is -0.333 e. The topological polar surface area (TPSA) is 49.4 Å². The molecular weight excluding hydrogens is 400 g/mol. The second kappa shape index (κ2) is 8.88. The SMILES string of the molecule is CN(CC(=O)Nc1ccc(F)cc1)C(=O)/C=C/c1cc(C(F)(F)F)ccc1Cl. The first kappa shape index (κ1) is 21.4. The zero-order chi connectivity index (χ0) is 20.9. The van der Waals surface area contributed by atoms with Crippen molar-refractivity contribution in [3.8, 4) is 0 Å². The Balaban J connectivity index is 2.00. The summed E-state index contributed by atoms with van der Waals surface area (Å²) in [5.41, 5.74) is -0.511. The molecule has 0 saturated carbocycles. The summed E-state index contributed by atoms with van der Waals surface area (Å²) in [6, 6.07) is 7.84. The predicted molar refractivity (Wildman–Crippen MR) is 98.2 cm³/mol. The lowest BCUT2D eigenvalue weighted by molar-refractivity contribution is -0.137. The molecule has 1 N–H and O–H groups in total. The fraction of sp³-hybridized carbons (Fsp3) is 0.158. The van der Waals surface area contributed by atoms with E-state index in [0.717, 1.165) is 35.3 Å². The maximum absolute atomic E-state index is 12.8. The fourth-order valence-electron chi connectivity index (χ4n) is 2.16. The van der Waals surface area contributed by atoms with Gasteiger partial charge in [-0.2, -0.15) is 13.2 Å². The molecule has 2 aromatic rings. The number of rotatable bonds is 5. The van der Waals surface area contributed by atoms with Gasteiger partial charge in [-0.1, -0.05) is 11.6 Å². The number of halogens is 5. The van der Waals surface area contributed by atoms with Crippen molar-refractivity contribution in [1.82, 2.24) is 4.90 Å². The number of nitrogens with one attached hydrogen (secondary N) is 1. The number of alkyl halides is 3. The third-order valence-corrected chi connectivity index (χ3v) is 3.96. The average molecular weight is 415 g/mol. The Morgan fingerprint density at radius 2 is 1.79 bits per heavy atom. The van der Waals surface area contributed by atoms with Crippen LogP contribution < -0.4 is 5.32 Å². The van der Waals surface area contributed by atoms with Crippen LogP contribution >= 0.6 is 11.6 Å². The second-order valence-electron chi connectivity index (χ2n) is 5.82. The standard InChI is InChI=1S/C19H15ClF4N2O2/c1-26(11-17(27)25-15-6-4-14(21)5-7-15)18(28)9-2-12-10-13(19(22,23)24)3-8-16(12)20/h2-10H,11H2,1H3,(H,25,27)/b9-2+. The molecule has 0 bridgehead atoms. The summed E-state index contributed by atoms with van der Waals surface area (Å²) in [4.78, 5) is 25.1. The molecule has 0 atom stereocenters. The lowest BCUT2D eigenvalue weighted by Crippen LogP contribution is -2.33. The van der Waals surface area contributed by atoms with Gasteiger partial charge in [-0.15, -0.1) is 0 Å². The van der Waals surface area contributed by atoms with E-state index in [9.17, 15) is 27.2 Å². The van der Waals surface area contributed by atoms with E-state index in [1.54, 1.807) is 0 Å². The van der Waals surface area contributed by atoms with Crippen LogP contribution in [0.15, 0.2) is 48.5 Å². The molecule has 0 aliphatic heterocycles. The highest BCUT2D eigenvalue weighted by Crippen LogP contribution is 2.32. The Morgan fingerprint density at radius 3 is 2.39 bits per heavy atom. The van der Waals surface area contributed by atoms with Gasteiger partial charge in [0.2, 0.25) is 11.8 Å². The first-order chi connectivity index (χ1) is 13.1. The van der Waals surface area contributed by atoms with Crippen LogP contribution in [0.2, 0.25) is 5.02 Å². The highest BCUT2D eigenvalue weighted by molar-refractivity contribution is 6.32. The zero-order valence-electron chi connectivity index (χ0n) is 14.6. The molecule has 9 heteroatoms. The Hall–Kier alpha value is -2.87. The largest absolute Gasteiger partial charge is 0.416 e. The van der Waals surface area contributed by atoms with E-state index in [1.807, 2.05) is 0 Å². The van der Waals surface area contributed by atoms with E-state index in [1.165, 1.54) is 31.3 Å². The minimum absolute atomic E-state index is 0.0222. The van der Waals surface area contributed by atoms with Crippen molar-refractivity contribution in [2.24, 2.45) is 0 Å². The number of likely N-dealkylation sites (N-methyl/N-ethyl adjacent to an activating group) is 1. The molecule has 0 radical (unpaired) electrons. The molecule has 28 heavy (non-hydrogen) atoms. The van der Waals surface area contributed by atoms with Crippen molar-refractivity contribution < 1.29 is 27.2 Å². The van der Waals surface area contributed by atoms with Crippen molar-refractivity contribution in [1.29, 1.82) is 0 Å². The van der Waals surface area contributed by atoms with E-state index in [2.05, 4.69) is 5.32 Å². The Labute approximate surface area is 163 Å². The molecule has 4 nitrogen and oxygen atoms in total. The molecule has 0 aromatic heterocycles. The van der Waals surface area contributed by atoms with Gasteiger partial charge in [-0.3, -0.25) is 9.59 Å². The Bertz CT molecular complexity index is 896. The molecule has 2 aromatic carbocycles. The maximum Gasteiger partial charge on any atom is 0.416 e. The van der Waals surface area contributed by atoms with Crippen LogP contribution in [0.1, 0.15) is 11.1 Å². The highest BCUT2D eigenvalue weighted by Gasteiger charge is 2.30. The van der Waals surface area contributed by atoms with Gasteiger partial charge in [0.1, 0.15) is 5.82 Å². The molecule has 0 aliphatic carbocycles. The fourth-order valence-corrected chi connectivity index (χ4v) is 2.34. The molecule has 0 aliphatic rings. The van der Waals surface area contributed by atoms with Gasteiger partial charge in [-0.25, -0.2) is 4.39 Å². The first-order valence-electron chi connectivity index (χ1n) is 7.91. The first-order valence-corrected chi connectivity index (χ1v) is 8.29. The summed E-state index contributed by atoms with van der Waals surface area (Å²) in [7, 11) is 1.35. The van der Waals surface area contributed by atoms with Crippen LogP contribution in [0.25, 0.3) is 6.08 Å². The smallest absolute Gasteiger partial charge is 0.333 e. The Kier molecular flexibility index (Phi) is 6.80. The zero-order valence-corrected chi connectivity index (χ0v) is 15.3. The van der Waals surface area contributed by atoms with Gasteiger partial charge in [0, 0.05) is 23.8 Å². The van der Waals surface area contributed by atoms with Crippen molar-refractivity contribution >= 4 is 35.2 Å². The summed E-state index contributed by atoms with van der Waals surface area (Å²) in [5, 5.41) is 2.54. The van der Waals surface area contributed by atoms with Crippen molar-refractivity contribution in [3.63, 3.8) is 0 Å². The number of hydrogen-bond acceptors (Lipinski definition) is 2. The molecule has 0 heterocycles. The second-order valence-corrected chi connectivity index (χ2v) is 6.22. The predicted octanol–water partition coefficient (Wildman–Crippen LogP) is 4.61. The van der Waals surface area contributed by atoms with E-state index in [4.69, 9.17) is 11.6 Å². The summed E-state index contributed by atoms with van der Waals surface area (Å²) in [6.07, 6.45) is -2.37. The number of nitrogens with zero attached hydrogens (tertiary/aromatic N) is 1. The van der Waals surface area contributed by atoms with Gasteiger partial charge in [0.05, 0.1) is 12.1 Å². The van der Waals surface area contributed by atoms with Crippen LogP contribution in [-0.2, 0) is 15.8 Å². The van der Waals surface area contributed by atoms with E-state index in [0.29, 0.717) is 5.69 Å². The molecule has 148 valence electrons. The molecule has 0 saturated heterocycles. The van der Waals surface area contributed by atoms with E-state index >= 15 is 0 Å². The summed E-state index contributed by atoms with van der Waals surface area (Å²) in [6.45, 7) is -0.309. The molecule has 0 fully saturated rings. The number of carbonyl (C=O) groups excluding carboxylic acids is 2. The number of anilines is 1. The normalized spacial score (nSPS) is 11.5. The van der Waals surface area contributed by atoms with Crippen LogP contribution in [0.5, 0.6) is 0 Å². The minimum atomic E-state index is -4.54. The third-order valence-electron chi connectivity index (χ3n) is 3.61. The number of hydrogen-bond donors (Lipinski definition) is 1. The van der Waals surface area contributed by atoms with E-state index < -0.39 is 29.4 Å². The van der Waals surface area contributed by atoms with Crippen molar-refractivity contribution in [2.45, 2.75) is 6.18 Å². The summed E-state index contributed by atoms with van der Waals surface area (Å²) >= 11 is 5.86. The highest BCUT2D eigenvalue weighted by atomic mass is 35.5.